The number of amides is 2. The highest BCUT2D eigenvalue weighted by Crippen LogP contribution is 2.37. The van der Waals surface area contributed by atoms with E-state index in [2.05, 4.69) is 25.4 Å². The first-order valence-corrected chi connectivity index (χ1v) is 15.2. The summed E-state index contributed by atoms with van der Waals surface area (Å²) in [7, 11) is 0. The second-order valence-electron chi connectivity index (χ2n) is 10.9. The lowest BCUT2D eigenvalue weighted by Crippen LogP contribution is -2.52. The molecule has 1 fully saturated rings. The van der Waals surface area contributed by atoms with Gasteiger partial charge in [-0.05, 0) is 67.8 Å². The molecular formula is C32H39Cl2N5O3. The minimum Gasteiger partial charge on any atom is -0.382 e. The highest BCUT2D eigenvalue weighted by molar-refractivity contribution is 6.33. The molecule has 0 bridgehead atoms. The van der Waals surface area contributed by atoms with Gasteiger partial charge in [0, 0.05) is 56.1 Å². The molecule has 0 unspecified atom stereocenters. The Hall–Kier alpha value is -3.17. The molecule has 2 aromatic carbocycles. The summed E-state index contributed by atoms with van der Waals surface area (Å²) in [4.78, 5) is 33.7. The molecule has 1 aromatic heterocycles. The number of carbonyl (C=O) groups is 2. The molecule has 0 saturated carbocycles. The van der Waals surface area contributed by atoms with Crippen molar-refractivity contribution in [2.45, 2.75) is 45.3 Å². The molecule has 224 valence electrons. The molecule has 2 heterocycles. The van der Waals surface area contributed by atoms with Gasteiger partial charge in [-0.3, -0.25) is 19.5 Å². The molecule has 3 aromatic rings. The molecule has 0 radical (unpaired) electrons. The number of carbonyl (C=O) groups excluding carboxylic acids is 2. The van der Waals surface area contributed by atoms with Gasteiger partial charge in [0.2, 0.25) is 0 Å². The van der Waals surface area contributed by atoms with Crippen molar-refractivity contribution in [3.8, 4) is 0 Å². The molecule has 4 rings (SSSR count). The molecule has 1 aliphatic rings. The quantitative estimate of drug-likeness (QED) is 0.267. The van der Waals surface area contributed by atoms with Gasteiger partial charge in [-0.25, -0.2) is 0 Å². The number of anilines is 1. The number of nitrogens with zero attached hydrogens (tertiary/aromatic N) is 3. The SMILES string of the molecule is CCCNC(=O)c1ccc([C@](C)(O)CN2CCN(c3ccc(C(=O)NCCC)cc3Cl)[C@H](c3ccc(Cl)cc3)C2)nc1. The summed E-state index contributed by atoms with van der Waals surface area (Å²) < 4.78 is 0. The van der Waals surface area contributed by atoms with Crippen LogP contribution in [0.2, 0.25) is 10.0 Å². The largest absolute Gasteiger partial charge is 0.382 e. The number of piperazine rings is 1. The molecular weight excluding hydrogens is 573 g/mol. The molecule has 0 aliphatic carbocycles. The van der Waals surface area contributed by atoms with Crippen molar-refractivity contribution in [1.29, 1.82) is 0 Å². The van der Waals surface area contributed by atoms with Gasteiger partial charge in [-0.2, -0.15) is 0 Å². The smallest absolute Gasteiger partial charge is 0.252 e. The van der Waals surface area contributed by atoms with Gasteiger partial charge >= 0.3 is 0 Å². The van der Waals surface area contributed by atoms with Gasteiger partial charge in [0.1, 0.15) is 5.60 Å². The van der Waals surface area contributed by atoms with Crippen LogP contribution in [0.5, 0.6) is 0 Å². The first-order valence-electron chi connectivity index (χ1n) is 14.4. The number of aromatic nitrogens is 1. The second kappa shape index (κ2) is 14.3. The molecule has 10 heteroatoms. The molecule has 8 nitrogen and oxygen atoms in total. The average molecular weight is 613 g/mol. The van der Waals surface area contributed by atoms with E-state index in [9.17, 15) is 14.7 Å². The van der Waals surface area contributed by atoms with Crippen molar-refractivity contribution in [3.63, 3.8) is 0 Å². The molecule has 42 heavy (non-hydrogen) atoms. The lowest BCUT2D eigenvalue weighted by Gasteiger charge is -2.45. The molecule has 1 saturated heterocycles. The number of nitrogens with one attached hydrogen (secondary N) is 2. The monoisotopic (exact) mass is 611 g/mol. The minimum absolute atomic E-state index is 0.0818. The summed E-state index contributed by atoms with van der Waals surface area (Å²) in [6, 6.07) is 16.5. The highest BCUT2D eigenvalue weighted by Gasteiger charge is 2.35. The lowest BCUT2D eigenvalue weighted by molar-refractivity contribution is 0.00674. The van der Waals surface area contributed by atoms with E-state index in [1.165, 1.54) is 6.20 Å². The Morgan fingerprint density at radius 2 is 1.60 bits per heavy atom. The number of rotatable bonds is 11. The Kier molecular flexibility index (Phi) is 10.8. The van der Waals surface area contributed by atoms with Crippen molar-refractivity contribution in [3.05, 3.63) is 93.2 Å². The number of benzene rings is 2. The van der Waals surface area contributed by atoms with Crippen molar-refractivity contribution >= 4 is 40.7 Å². The standard InChI is InChI=1S/C32H39Cl2N5O3/c1-4-14-35-30(40)23-8-12-27(26(34)18-23)39-17-16-38(20-28(39)22-6-10-25(33)11-7-22)21-32(3,42)29-13-9-24(19-37-29)31(41)36-15-5-2/h6-13,18-19,28,42H,4-5,14-17,20-21H2,1-3H3,(H,35,40)(H,36,41)/t28-,32+/m0/s1. The number of β-amino-alcohol motifs (C(OH)–C–C–N with tert-alkyl or cyclic N) is 1. The van der Waals surface area contributed by atoms with Gasteiger partial charge in [-0.15, -0.1) is 0 Å². The third kappa shape index (κ3) is 7.81. The molecule has 2 amide bonds. The topological polar surface area (TPSA) is 97.8 Å². The van der Waals surface area contributed by atoms with Crippen LogP contribution in [0.3, 0.4) is 0 Å². The van der Waals surface area contributed by atoms with Gasteiger partial charge in [-0.1, -0.05) is 49.2 Å². The van der Waals surface area contributed by atoms with Crippen LogP contribution >= 0.6 is 23.2 Å². The number of aliphatic hydroxyl groups is 1. The van der Waals surface area contributed by atoms with E-state index >= 15 is 0 Å². The summed E-state index contributed by atoms with van der Waals surface area (Å²) in [5.41, 5.74) is 2.15. The van der Waals surface area contributed by atoms with Crippen LogP contribution in [-0.2, 0) is 5.60 Å². The predicted molar refractivity (Wildman–Crippen MR) is 168 cm³/mol. The van der Waals surface area contributed by atoms with E-state index in [-0.39, 0.29) is 17.9 Å². The Morgan fingerprint density at radius 1 is 0.952 bits per heavy atom. The van der Waals surface area contributed by atoms with E-state index in [0.29, 0.717) is 66.1 Å². The Morgan fingerprint density at radius 3 is 2.19 bits per heavy atom. The van der Waals surface area contributed by atoms with Crippen molar-refractivity contribution in [2.24, 2.45) is 0 Å². The fourth-order valence-corrected chi connectivity index (χ4v) is 5.58. The van der Waals surface area contributed by atoms with Crippen LogP contribution in [0, 0.1) is 0 Å². The first kappa shape index (κ1) is 31.8. The maximum Gasteiger partial charge on any atom is 0.252 e. The summed E-state index contributed by atoms with van der Waals surface area (Å²) >= 11 is 13.0. The summed E-state index contributed by atoms with van der Waals surface area (Å²) in [5, 5.41) is 18.4. The van der Waals surface area contributed by atoms with E-state index in [1.807, 2.05) is 44.2 Å². The van der Waals surface area contributed by atoms with E-state index in [4.69, 9.17) is 23.2 Å². The van der Waals surface area contributed by atoms with E-state index < -0.39 is 5.60 Å². The number of pyridine rings is 1. The van der Waals surface area contributed by atoms with Gasteiger partial charge in [0.15, 0.2) is 0 Å². The van der Waals surface area contributed by atoms with Crippen molar-refractivity contribution in [1.82, 2.24) is 20.5 Å². The maximum absolute atomic E-state index is 12.5. The minimum atomic E-state index is -1.24. The fraction of sp³-hybridized carbons (Fsp3) is 0.406. The van der Waals surface area contributed by atoms with E-state index in [0.717, 1.165) is 24.1 Å². The van der Waals surface area contributed by atoms with Crippen LogP contribution in [0.1, 0.15) is 71.6 Å². The zero-order valence-electron chi connectivity index (χ0n) is 24.4. The van der Waals surface area contributed by atoms with E-state index in [1.54, 1.807) is 31.2 Å². The van der Waals surface area contributed by atoms with Crippen LogP contribution in [0.25, 0.3) is 0 Å². The molecule has 1 aliphatic heterocycles. The summed E-state index contributed by atoms with van der Waals surface area (Å²) in [6.07, 6.45) is 3.22. The van der Waals surface area contributed by atoms with Crippen LogP contribution < -0.4 is 15.5 Å². The van der Waals surface area contributed by atoms with Crippen LogP contribution in [0.15, 0.2) is 60.8 Å². The summed E-state index contributed by atoms with van der Waals surface area (Å²) in [5.74, 6) is -0.319. The zero-order valence-corrected chi connectivity index (χ0v) is 25.9. The number of hydrogen-bond donors (Lipinski definition) is 3. The Bertz CT molecular complexity index is 1370. The highest BCUT2D eigenvalue weighted by atomic mass is 35.5. The molecule has 2 atom stereocenters. The molecule has 0 spiro atoms. The third-order valence-electron chi connectivity index (χ3n) is 7.42. The Labute approximate surface area is 258 Å². The van der Waals surface area contributed by atoms with Gasteiger partial charge in [0.25, 0.3) is 11.8 Å². The average Bonchev–Trinajstić information content (AvgIpc) is 2.99. The third-order valence-corrected chi connectivity index (χ3v) is 7.97. The zero-order chi connectivity index (χ0) is 30.3. The lowest BCUT2D eigenvalue weighted by atomic mass is 9.96. The van der Waals surface area contributed by atoms with Crippen LogP contribution in [-0.4, -0.2) is 66.1 Å². The van der Waals surface area contributed by atoms with Crippen molar-refractivity contribution < 1.29 is 14.7 Å². The van der Waals surface area contributed by atoms with Gasteiger partial charge in [0.05, 0.1) is 28.0 Å². The molecule has 3 N–H and O–H groups in total. The maximum atomic E-state index is 12.5. The fourth-order valence-electron chi connectivity index (χ4n) is 5.17. The summed E-state index contributed by atoms with van der Waals surface area (Å²) in [6.45, 7) is 9.24. The second-order valence-corrected chi connectivity index (χ2v) is 11.7. The predicted octanol–water partition coefficient (Wildman–Crippen LogP) is 5.44. The van der Waals surface area contributed by atoms with Crippen LogP contribution in [0.4, 0.5) is 5.69 Å². The normalized spacial score (nSPS) is 17.0. The number of halogens is 2. The van der Waals surface area contributed by atoms with Crippen molar-refractivity contribution in [2.75, 3.05) is 44.2 Å². The Balaban J connectivity index is 1.53. The first-order chi connectivity index (χ1) is 20.1. The van der Waals surface area contributed by atoms with Gasteiger partial charge < -0.3 is 20.6 Å². The number of hydrogen-bond acceptors (Lipinski definition) is 6.